The lowest BCUT2D eigenvalue weighted by atomic mass is 10.1. The molecule has 2 amide bonds. The second-order valence-electron chi connectivity index (χ2n) is 4.46. The van der Waals surface area contributed by atoms with Gasteiger partial charge in [-0.15, -0.1) is 0 Å². The molecule has 1 N–H and O–H groups in total. The van der Waals surface area contributed by atoms with Crippen LogP contribution in [0.15, 0.2) is 29.3 Å². The number of fused-ring (bicyclic) bond motifs is 1. The molecule has 1 aliphatic heterocycles. The Labute approximate surface area is 114 Å². The molecule has 0 bridgehead atoms. The van der Waals surface area contributed by atoms with Gasteiger partial charge in [0.1, 0.15) is 12.3 Å². The first-order valence-electron chi connectivity index (χ1n) is 6.12. The monoisotopic (exact) mass is 275 g/mol. The third-order valence-corrected chi connectivity index (χ3v) is 3.28. The summed E-state index contributed by atoms with van der Waals surface area (Å²) in [6.07, 6.45) is 4.12. The summed E-state index contributed by atoms with van der Waals surface area (Å²) in [7, 11) is 1.56. The van der Waals surface area contributed by atoms with E-state index < -0.39 is 6.04 Å². The van der Waals surface area contributed by atoms with Crippen molar-refractivity contribution in [3.63, 3.8) is 0 Å². The molecule has 3 rings (SSSR count). The minimum absolute atomic E-state index is 0.187. The molecule has 0 saturated carbocycles. The third-order valence-electron chi connectivity index (χ3n) is 3.28. The summed E-state index contributed by atoms with van der Waals surface area (Å²) in [6.45, 7) is 0.638. The molecule has 3 heterocycles. The summed E-state index contributed by atoms with van der Waals surface area (Å²) in [5.41, 5.74) is 1.04. The molecule has 2 aromatic rings. The van der Waals surface area contributed by atoms with Crippen molar-refractivity contribution in [1.29, 1.82) is 0 Å². The van der Waals surface area contributed by atoms with Crippen LogP contribution in [-0.2, 0) is 11.3 Å². The number of oxazole rings is 1. The molecule has 1 aliphatic rings. The van der Waals surface area contributed by atoms with Crippen molar-refractivity contribution in [3.8, 4) is 0 Å². The third kappa shape index (κ3) is 1.94. The molecule has 0 aromatic carbocycles. The zero-order chi connectivity index (χ0) is 14.1. The van der Waals surface area contributed by atoms with Crippen molar-refractivity contribution in [1.82, 2.24) is 25.0 Å². The van der Waals surface area contributed by atoms with Crippen molar-refractivity contribution in [2.45, 2.75) is 12.6 Å². The molecular formula is C12H13N5O3. The zero-order valence-electron chi connectivity index (χ0n) is 10.8. The van der Waals surface area contributed by atoms with Gasteiger partial charge in [0.15, 0.2) is 12.1 Å². The number of nitrogens with zero attached hydrogens (tertiary/aromatic N) is 4. The first-order valence-corrected chi connectivity index (χ1v) is 6.12. The van der Waals surface area contributed by atoms with Gasteiger partial charge in [0.05, 0.1) is 18.8 Å². The van der Waals surface area contributed by atoms with Gasteiger partial charge in [0.2, 0.25) is 5.91 Å². The summed E-state index contributed by atoms with van der Waals surface area (Å²) < 4.78 is 6.47. The van der Waals surface area contributed by atoms with Gasteiger partial charge in [-0.25, -0.2) is 4.98 Å². The van der Waals surface area contributed by atoms with E-state index in [4.69, 9.17) is 4.42 Å². The highest BCUT2D eigenvalue weighted by Crippen LogP contribution is 2.21. The lowest BCUT2D eigenvalue weighted by Crippen LogP contribution is -2.46. The zero-order valence-corrected chi connectivity index (χ0v) is 10.8. The molecule has 104 valence electrons. The minimum atomic E-state index is -0.533. The first-order chi connectivity index (χ1) is 9.70. The van der Waals surface area contributed by atoms with E-state index in [9.17, 15) is 9.59 Å². The Morgan fingerprint density at radius 1 is 1.50 bits per heavy atom. The first kappa shape index (κ1) is 12.4. The molecule has 20 heavy (non-hydrogen) atoms. The number of rotatable bonds is 2. The Hall–Kier alpha value is -2.64. The van der Waals surface area contributed by atoms with Crippen LogP contribution in [0.1, 0.15) is 22.2 Å². The maximum absolute atomic E-state index is 12.3. The molecule has 1 atom stereocenters. The smallest absolute Gasteiger partial charge is 0.276 e. The minimum Gasteiger partial charge on any atom is -0.451 e. The number of hydrogen-bond donors (Lipinski definition) is 1. The number of likely N-dealkylation sites (N-methyl/N-ethyl adjacent to an activating group) is 1. The van der Waals surface area contributed by atoms with Crippen LogP contribution in [-0.4, -0.2) is 45.1 Å². The van der Waals surface area contributed by atoms with Gasteiger partial charge in [0, 0.05) is 13.2 Å². The lowest BCUT2D eigenvalue weighted by molar-refractivity contribution is -0.125. The normalized spacial score (nSPS) is 17.6. The summed E-state index contributed by atoms with van der Waals surface area (Å²) in [5.74, 6) is -0.451. The highest BCUT2D eigenvalue weighted by molar-refractivity contribution is 5.92. The van der Waals surface area contributed by atoms with Crippen LogP contribution in [0.2, 0.25) is 0 Å². The molecule has 0 aliphatic carbocycles. The van der Waals surface area contributed by atoms with Crippen LogP contribution in [0.4, 0.5) is 0 Å². The predicted molar refractivity (Wildman–Crippen MR) is 66.6 cm³/mol. The summed E-state index contributed by atoms with van der Waals surface area (Å²) in [6, 6.07) is 1.26. The van der Waals surface area contributed by atoms with E-state index in [1.54, 1.807) is 28.9 Å². The fraction of sp³-hybridized carbons (Fsp3) is 0.333. The van der Waals surface area contributed by atoms with E-state index in [-0.39, 0.29) is 24.1 Å². The summed E-state index contributed by atoms with van der Waals surface area (Å²) in [4.78, 5) is 29.6. The van der Waals surface area contributed by atoms with E-state index in [1.165, 1.54) is 12.7 Å². The van der Waals surface area contributed by atoms with Crippen molar-refractivity contribution >= 4 is 11.8 Å². The second kappa shape index (κ2) is 4.80. The topological polar surface area (TPSA) is 93.3 Å². The Kier molecular flexibility index (Phi) is 2.97. The van der Waals surface area contributed by atoms with Crippen LogP contribution in [0.25, 0.3) is 0 Å². The van der Waals surface area contributed by atoms with Gasteiger partial charge in [-0.05, 0) is 6.07 Å². The molecule has 0 saturated heterocycles. The largest absolute Gasteiger partial charge is 0.451 e. The van der Waals surface area contributed by atoms with Crippen molar-refractivity contribution < 1.29 is 14.0 Å². The number of carbonyl (C=O) groups is 2. The highest BCUT2D eigenvalue weighted by atomic mass is 16.3. The van der Waals surface area contributed by atoms with Gasteiger partial charge in [-0.2, -0.15) is 5.10 Å². The fourth-order valence-electron chi connectivity index (χ4n) is 2.29. The molecule has 8 nitrogen and oxygen atoms in total. The molecule has 0 fully saturated rings. The van der Waals surface area contributed by atoms with Crippen LogP contribution in [0.5, 0.6) is 0 Å². The summed E-state index contributed by atoms with van der Waals surface area (Å²) >= 11 is 0. The molecule has 2 aromatic heterocycles. The lowest BCUT2D eigenvalue weighted by Gasteiger charge is -2.32. The maximum Gasteiger partial charge on any atom is 0.276 e. The standard InChI is InChI=1S/C12H13N5O3/c1-13-11(18)10-5-16(4-8-2-3-15-17(8)10)12(19)9-6-20-7-14-9/h2-3,6-7,10H,4-5H2,1H3,(H,13,18). The van der Waals surface area contributed by atoms with Gasteiger partial charge in [-0.1, -0.05) is 0 Å². The van der Waals surface area contributed by atoms with E-state index in [2.05, 4.69) is 15.4 Å². The number of nitrogens with one attached hydrogen (secondary N) is 1. The Balaban J connectivity index is 1.90. The van der Waals surface area contributed by atoms with E-state index in [0.717, 1.165) is 5.69 Å². The quantitative estimate of drug-likeness (QED) is 0.820. The van der Waals surface area contributed by atoms with Crippen molar-refractivity contribution in [2.24, 2.45) is 0 Å². The molecule has 0 spiro atoms. The van der Waals surface area contributed by atoms with Crippen LogP contribution in [0.3, 0.4) is 0 Å². The fourth-order valence-corrected chi connectivity index (χ4v) is 2.29. The van der Waals surface area contributed by atoms with E-state index in [1.807, 2.05) is 0 Å². The predicted octanol–water partition coefficient (Wildman–Crippen LogP) is -0.186. The molecule has 0 radical (unpaired) electrons. The van der Waals surface area contributed by atoms with Gasteiger partial charge < -0.3 is 14.6 Å². The van der Waals surface area contributed by atoms with Gasteiger partial charge in [-0.3, -0.25) is 14.3 Å². The van der Waals surface area contributed by atoms with E-state index >= 15 is 0 Å². The van der Waals surface area contributed by atoms with Crippen LogP contribution in [0, 0.1) is 0 Å². The Bertz CT molecular complexity index is 633. The SMILES string of the molecule is CNC(=O)C1CN(C(=O)c2cocn2)Cc2ccnn21. The summed E-state index contributed by atoms with van der Waals surface area (Å²) in [5, 5.41) is 6.74. The van der Waals surface area contributed by atoms with Crippen molar-refractivity contribution in [3.05, 3.63) is 36.3 Å². The molecular weight excluding hydrogens is 262 g/mol. The number of aromatic nitrogens is 3. The average Bonchev–Trinajstić information content (AvgIpc) is 3.15. The van der Waals surface area contributed by atoms with Gasteiger partial charge >= 0.3 is 0 Å². The maximum atomic E-state index is 12.3. The number of carbonyl (C=O) groups excluding carboxylic acids is 2. The number of hydrogen-bond acceptors (Lipinski definition) is 5. The Morgan fingerprint density at radius 2 is 2.35 bits per heavy atom. The average molecular weight is 275 g/mol. The highest BCUT2D eigenvalue weighted by Gasteiger charge is 2.33. The van der Waals surface area contributed by atoms with Gasteiger partial charge in [0.25, 0.3) is 5.91 Å². The van der Waals surface area contributed by atoms with E-state index in [0.29, 0.717) is 6.54 Å². The second-order valence-corrected chi connectivity index (χ2v) is 4.46. The molecule has 8 heteroatoms. The number of amides is 2. The van der Waals surface area contributed by atoms with Crippen LogP contribution >= 0.6 is 0 Å². The van der Waals surface area contributed by atoms with Crippen LogP contribution < -0.4 is 5.32 Å². The van der Waals surface area contributed by atoms with Crippen molar-refractivity contribution in [2.75, 3.05) is 13.6 Å². The molecule has 1 unspecified atom stereocenters. The Morgan fingerprint density at radius 3 is 3.05 bits per heavy atom.